The van der Waals surface area contributed by atoms with Gasteiger partial charge in [-0.15, -0.1) is 0 Å². The number of nitrogens with one attached hydrogen (secondary N) is 1. The van der Waals surface area contributed by atoms with Gasteiger partial charge in [-0.3, -0.25) is 4.90 Å². The van der Waals surface area contributed by atoms with Crippen LogP contribution in [0.2, 0.25) is 0 Å². The van der Waals surface area contributed by atoms with Gasteiger partial charge in [0.15, 0.2) is 0 Å². The van der Waals surface area contributed by atoms with Crippen molar-refractivity contribution in [2.45, 2.75) is 38.6 Å². The third kappa shape index (κ3) is 2.20. The summed E-state index contributed by atoms with van der Waals surface area (Å²) in [5.41, 5.74) is 0.394. The fraction of sp³-hybridized carbons (Fsp3) is 1.00. The minimum atomic E-state index is 0.394. The van der Waals surface area contributed by atoms with Crippen LogP contribution < -0.4 is 5.32 Å². The van der Waals surface area contributed by atoms with Crippen LogP contribution in [0.1, 0.15) is 33.1 Å². The Morgan fingerprint density at radius 1 is 1.50 bits per heavy atom. The molecule has 1 unspecified atom stereocenters. The quantitative estimate of drug-likeness (QED) is 0.675. The third-order valence-corrected chi connectivity index (χ3v) is 3.06. The molecule has 12 heavy (non-hydrogen) atoms. The van der Waals surface area contributed by atoms with Gasteiger partial charge in [0.05, 0.1) is 0 Å². The Morgan fingerprint density at radius 2 is 2.25 bits per heavy atom. The molecule has 1 N–H and O–H groups in total. The van der Waals surface area contributed by atoms with Gasteiger partial charge in [-0.05, 0) is 39.9 Å². The van der Waals surface area contributed by atoms with Crippen LogP contribution in [-0.4, -0.2) is 37.1 Å². The summed E-state index contributed by atoms with van der Waals surface area (Å²) in [6.45, 7) is 8.21. The Balaban J connectivity index is 2.55. The minimum Gasteiger partial charge on any atom is -0.315 e. The van der Waals surface area contributed by atoms with Crippen LogP contribution in [0.3, 0.4) is 0 Å². The Hall–Kier alpha value is -0.0800. The Labute approximate surface area is 76.3 Å². The molecule has 0 spiro atoms. The van der Waals surface area contributed by atoms with Crippen molar-refractivity contribution in [2.75, 3.05) is 26.7 Å². The molecule has 0 radical (unpaired) electrons. The van der Waals surface area contributed by atoms with Crippen LogP contribution in [0.5, 0.6) is 0 Å². The van der Waals surface area contributed by atoms with Crippen molar-refractivity contribution in [1.29, 1.82) is 0 Å². The molecule has 2 heteroatoms. The first-order valence-corrected chi connectivity index (χ1v) is 5.11. The second-order valence-corrected chi connectivity index (χ2v) is 4.20. The van der Waals surface area contributed by atoms with E-state index in [0.29, 0.717) is 5.54 Å². The molecular weight excluding hydrogens is 148 g/mol. The molecule has 0 bridgehead atoms. The SMILES string of the molecule is CCCC1(C)CNCCCN1C. The van der Waals surface area contributed by atoms with Crippen molar-refractivity contribution in [2.24, 2.45) is 0 Å². The van der Waals surface area contributed by atoms with E-state index < -0.39 is 0 Å². The molecule has 1 atom stereocenters. The molecule has 0 amide bonds. The standard InChI is InChI=1S/C10H22N2/c1-4-6-10(2)9-11-7-5-8-12(10)3/h11H,4-9H2,1-3H3. The van der Waals surface area contributed by atoms with E-state index >= 15 is 0 Å². The van der Waals surface area contributed by atoms with Gasteiger partial charge in [0, 0.05) is 12.1 Å². The summed E-state index contributed by atoms with van der Waals surface area (Å²) in [6, 6.07) is 0. The first-order chi connectivity index (χ1) is 5.69. The summed E-state index contributed by atoms with van der Waals surface area (Å²) >= 11 is 0. The van der Waals surface area contributed by atoms with Gasteiger partial charge in [-0.2, -0.15) is 0 Å². The zero-order valence-electron chi connectivity index (χ0n) is 8.69. The third-order valence-electron chi connectivity index (χ3n) is 3.06. The molecule has 2 nitrogen and oxygen atoms in total. The topological polar surface area (TPSA) is 15.3 Å². The number of hydrogen-bond acceptors (Lipinski definition) is 2. The van der Waals surface area contributed by atoms with Crippen LogP contribution in [0.15, 0.2) is 0 Å². The Bertz CT molecular complexity index is 136. The molecule has 1 rings (SSSR count). The van der Waals surface area contributed by atoms with Gasteiger partial charge in [0.2, 0.25) is 0 Å². The summed E-state index contributed by atoms with van der Waals surface area (Å²) in [7, 11) is 2.25. The highest BCUT2D eigenvalue weighted by molar-refractivity contribution is 4.88. The van der Waals surface area contributed by atoms with Crippen LogP contribution in [0.4, 0.5) is 0 Å². The molecular formula is C10H22N2. The molecule has 0 aromatic carbocycles. The molecule has 1 aliphatic heterocycles. The van der Waals surface area contributed by atoms with Gasteiger partial charge in [-0.1, -0.05) is 13.3 Å². The van der Waals surface area contributed by atoms with E-state index in [1.54, 1.807) is 0 Å². The molecule has 0 aromatic heterocycles. The molecule has 1 aliphatic rings. The van der Waals surface area contributed by atoms with Crippen LogP contribution in [0, 0.1) is 0 Å². The average molecular weight is 170 g/mol. The fourth-order valence-corrected chi connectivity index (χ4v) is 2.02. The molecule has 1 fully saturated rings. The van der Waals surface area contributed by atoms with Gasteiger partial charge < -0.3 is 5.32 Å². The van der Waals surface area contributed by atoms with Crippen molar-refractivity contribution < 1.29 is 0 Å². The summed E-state index contributed by atoms with van der Waals surface area (Å²) in [6.07, 6.45) is 3.87. The van der Waals surface area contributed by atoms with Gasteiger partial charge in [0.1, 0.15) is 0 Å². The number of likely N-dealkylation sites (N-methyl/N-ethyl adjacent to an activating group) is 1. The summed E-state index contributed by atoms with van der Waals surface area (Å²) in [4.78, 5) is 2.51. The van der Waals surface area contributed by atoms with Crippen molar-refractivity contribution in [3.63, 3.8) is 0 Å². The second-order valence-electron chi connectivity index (χ2n) is 4.20. The van der Waals surface area contributed by atoms with Crippen molar-refractivity contribution in [1.82, 2.24) is 10.2 Å². The van der Waals surface area contributed by atoms with Crippen molar-refractivity contribution in [3.8, 4) is 0 Å². The Kier molecular flexibility index (Phi) is 3.53. The maximum Gasteiger partial charge on any atom is 0.0302 e. The number of rotatable bonds is 2. The highest BCUT2D eigenvalue weighted by Gasteiger charge is 2.28. The van der Waals surface area contributed by atoms with Gasteiger partial charge in [0.25, 0.3) is 0 Å². The lowest BCUT2D eigenvalue weighted by Crippen LogP contribution is -2.48. The molecule has 1 heterocycles. The predicted molar refractivity (Wildman–Crippen MR) is 53.4 cm³/mol. The van der Waals surface area contributed by atoms with Crippen molar-refractivity contribution in [3.05, 3.63) is 0 Å². The zero-order valence-corrected chi connectivity index (χ0v) is 8.69. The highest BCUT2D eigenvalue weighted by Crippen LogP contribution is 2.20. The number of nitrogens with zero attached hydrogens (tertiary/aromatic N) is 1. The minimum absolute atomic E-state index is 0.394. The predicted octanol–water partition coefficient (Wildman–Crippen LogP) is 1.47. The first kappa shape index (κ1) is 10.0. The van der Waals surface area contributed by atoms with Gasteiger partial charge >= 0.3 is 0 Å². The fourth-order valence-electron chi connectivity index (χ4n) is 2.02. The molecule has 0 saturated carbocycles. The van der Waals surface area contributed by atoms with E-state index in [9.17, 15) is 0 Å². The van der Waals surface area contributed by atoms with E-state index in [-0.39, 0.29) is 0 Å². The normalized spacial score (nSPS) is 33.2. The molecule has 72 valence electrons. The first-order valence-electron chi connectivity index (χ1n) is 5.11. The maximum absolute atomic E-state index is 3.51. The summed E-state index contributed by atoms with van der Waals surface area (Å²) in [5, 5.41) is 3.51. The van der Waals surface area contributed by atoms with Crippen LogP contribution >= 0.6 is 0 Å². The van der Waals surface area contributed by atoms with E-state index in [0.717, 1.165) is 6.54 Å². The Morgan fingerprint density at radius 3 is 2.92 bits per heavy atom. The van der Waals surface area contributed by atoms with Crippen LogP contribution in [0.25, 0.3) is 0 Å². The smallest absolute Gasteiger partial charge is 0.0302 e. The molecule has 1 saturated heterocycles. The van der Waals surface area contributed by atoms with E-state index in [1.165, 1.54) is 32.4 Å². The van der Waals surface area contributed by atoms with Crippen LogP contribution in [-0.2, 0) is 0 Å². The van der Waals surface area contributed by atoms with E-state index in [2.05, 4.69) is 31.1 Å². The average Bonchev–Trinajstić information content (AvgIpc) is 2.17. The lowest BCUT2D eigenvalue weighted by Gasteiger charge is -2.37. The molecule has 0 aromatic rings. The lowest BCUT2D eigenvalue weighted by molar-refractivity contribution is 0.139. The monoisotopic (exact) mass is 170 g/mol. The van der Waals surface area contributed by atoms with E-state index in [1.807, 2.05) is 0 Å². The second kappa shape index (κ2) is 4.24. The summed E-state index contributed by atoms with van der Waals surface area (Å²) in [5.74, 6) is 0. The molecule has 0 aliphatic carbocycles. The zero-order chi connectivity index (χ0) is 9.03. The van der Waals surface area contributed by atoms with Gasteiger partial charge in [-0.25, -0.2) is 0 Å². The highest BCUT2D eigenvalue weighted by atomic mass is 15.2. The maximum atomic E-state index is 3.51. The van der Waals surface area contributed by atoms with Crippen molar-refractivity contribution >= 4 is 0 Å². The number of hydrogen-bond donors (Lipinski definition) is 1. The largest absolute Gasteiger partial charge is 0.315 e. The van der Waals surface area contributed by atoms with E-state index in [4.69, 9.17) is 0 Å². The lowest BCUT2D eigenvalue weighted by atomic mass is 9.94. The summed E-state index contributed by atoms with van der Waals surface area (Å²) < 4.78 is 0.